The Hall–Kier alpha value is -0.330. The fourth-order valence-corrected chi connectivity index (χ4v) is 3.59. The van der Waals surface area contributed by atoms with Crippen molar-refractivity contribution >= 4 is 30.6 Å². The quantitative estimate of drug-likeness (QED) is 0.719. The molecule has 108 valence electrons. The van der Waals surface area contributed by atoms with Crippen LogP contribution in [0.2, 0.25) is 6.32 Å². The van der Waals surface area contributed by atoms with Crippen LogP contribution in [0, 0.1) is 0 Å². The molecule has 3 aliphatic rings. The van der Waals surface area contributed by atoms with Gasteiger partial charge in [-0.05, 0) is 17.9 Å². The maximum absolute atomic E-state index is 5.92. The van der Waals surface area contributed by atoms with Gasteiger partial charge < -0.3 is 14.3 Å². The van der Waals surface area contributed by atoms with E-state index in [-0.39, 0.29) is 12.5 Å². The van der Waals surface area contributed by atoms with Crippen LogP contribution in [-0.2, 0) is 9.47 Å². The highest BCUT2D eigenvalue weighted by molar-refractivity contribution is 9.10. The summed E-state index contributed by atoms with van der Waals surface area (Å²) in [6, 6.07) is 8.60. The Morgan fingerprint density at radius 1 is 1.10 bits per heavy atom. The second-order valence-corrected chi connectivity index (χ2v) is 6.62. The van der Waals surface area contributed by atoms with Gasteiger partial charge >= 0.3 is 0 Å². The zero-order valence-electron chi connectivity index (χ0n) is 11.8. The van der Waals surface area contributed by atoms with Gasteiger partial charge in [-0.15, -0.1) is 0 Å². The minimum atomic E-state index is 0.0537. The molecule has 21 heavy (non-hydrogen) atoms. The number of benzene rings is 1. The normalized spacial score (nSPS) is 33.5. The number of halogens is 1. The summed E-state index contributed by atoms with van der Waals surface area (Å²) < 4.78 is 12.9. The van der Waals surface area contributed by atoms with Gasteiger partial charge in [0.1, 0.15) is 0 Å². The van der Waals surface area contributed by atoms with Gasteiger partial charge in [-0.3, -0.25) is 0 Å². The summed E-state index contributed by atoms with van der Waals surface area (Å²) in [5, 5.41) is 0. The predicted octanol–water partition coefficient (Wildman–Crippen LogP) is 1.48. The molecule has 0 aromatic heterocycles. The summed E-state index contributed by atoms with van der Waals surface area (Å²) in [7, 11) is 4.63. The highest BCUT2D eigenvalue weighted by atomic mass is 79.9. The SMILES string of the molecule is Brc1ccc(C2[B]C3OCCN3C3OCCN3[B]C2)cc1. The van der Waals surface area contributed by atoms with Crippen LogP contribution in [0.4, 0.5) is 0 Å². The summed E-state index contributed by atoms with van der Waals surface area (Å²) >= 11 is 3.50. The molecule has 0 aliphatic carbocycles. The number of fused-ring (bicyclic) bond motifs is 3. The lowest BCUT2D eigenvalue weighted by atomic mass is 9.53. The fourth-order valence-electron chi connectivity index (χ4n) is 3.32. The first-order chi connectivity index (χ1) is 10.3. The van der Waals surface area contributed by atoms with E-state index in [0.29, 0.717) is 5.82 Å². The molecule has 0 bridgehead atoms. The first kappa shape index (κ1) is 14.3. The number of ether oxygens (including phenoxy) is 2. The van der Waals surface area contributed by atoms with Gasteiger partial charge in [0.25, 0.3) is 0 Å². The van der Waals surface area contributed by atoms with Crippen molar-refractivity contribution in [3.05, 3.63) is 34.3 Å². The number of hydrogen-bond donors (Lipinski definition) is 0. The third-order valence-electron chi connectivity index (χ3n) is 4.44. The molecule has 2 radical (unpaired) electrons. The van der Waals surface area contributed by atoms with Gasteiger partial charge in [0, 0.05) is 17.6 Å². The lowest BCUT2D eigenvalue weighted by Crippen LogP contribution is -2.54. The van der Waals surface area contributed by atoms with E-state index in [1.54, 1.807) is 0 Å². The highest BCUT2D eigenvalue weighted by Crippen LogP contribution is 2.30. The average Bonchev–Trinajstić information content (AvgIpc) is 3.10. The minimum Gasteiger partial charge on any atom is -0.371 e. The van der Waals surface area contributed by atoms with E-state index in [1.165, 1.54) is 5.56 Å². The van der Waals surface area contributed by atoms with Crippen LogP contribution in [0.15, 0.2) is 28.7 Å². The molecule has 0 N–H and O–H groups in total. The number of nitrogens with zero attached hydrogens (tertiary/aromatic N) is 2. The van der Waals surface area contributed by atoms with Crippen LogP contribution < -0.4 is 0 Å². The Bertz CT molecular complexity index is 504. The largest absolute Gasteiger partial charge is 0.371 e. The molecule has 4 nitrogen and oxygen atoms in total. The van der Waals surface area contributed by atoms with E-state index in [0.717, 1.165) is 37.1 Å². The lowest BCUT2D eigenvalue weighted by molar-refractivity contribution is -0.0848. The molecule has 7 heteroatoms. The van der Waals surface area contributed by atoms with Gasteiger partial charge in [-0.2, -0.15) is 0 Å². The van der Waals surface area contributed by atoms with Crippen molar-refractivity contribution in [3.8, 4) is 0 Å². The molecule has 4 rings (SSSR count). The summed E-state index contributed by atoms with van der Waals surface area (Å²) in [6.45, 7) is 3.49. The smallest absolute Gasteiger partial charge is 0.213 e. The molecule has 1 aromatic rings. The Labute approximate surface area is 135 Å². The van der Waals surface area contributed by atoms with Crippen molar-refractivity contribution < 1.29 is 9.47 Å². The second-order valence-electron chi connectivity index (χ2n) is 5.70. The molecular weight excluding hydrogens is 330 g/mol. The molecule has 1 aromatic carbocycles. The van der Waals surface area contributed by atoms with Crippen molar-refractivity contribution in [2.75, 3.05) is 26.3 Å². The topological polar surface area (TPSA) is 24.9 Å². The Morgan fingerprint density at radius 3 is 2.76 bits per heavy atom. The van der Waals surface area contributed by atoms with Gasteiger partial charge in [0.05, 0.1) is 19.3 Å². The number of rotatable bonds is 1. The van der Waals surface area contributed by atoms with E-state index in [1.807, 2.05) is 0 Å². The summed E-state index contributed by atoms with van der Waals surface area (Å²) in [4.78, 5) is 4.63. The summed E-state index contributed by atoms with van der Waals surface area (Å²) in [5.41, 5.74) is 1.34. The third-order valence-corrected chi connectivity index (χ3v) is 4.97. The Kier molecular flexibility index (Phi) is 4.11. The van der Waals surface area contributed by atoms with Crippen molar-refractivity contribution in [2.45, 2.75) is 24.6 Å². The lowest BCUT2D eigenvalue weighted by Gasteiger charge is -2.38. The van der Waals surface area contributed by atoms with Crippen LogP contribution in [0.25, 0.3) is 0 Å². The molecule has 3 atom stereocenters. The zero-order chi connectivity index (χ0) is 14.2. The van der Waals surface area contributed by atoms with Gasteiger partial charge in [0.15, 0.2) is 13.6 Å². The van der Waals surface area contributed by atoms with E-state index in [9.17, 15) is 0 Å². The molecule has 3 aliphatic heterocycles. The minimum absolute atomic E-state index is 0.0537. The van der Waals surface area contributed by atoms with Gasteiger partial charge in [-0.25, -0.2) is 4.90 Å². The molecule has 3 heterocycles. The fraction of sp³-hybridized carbons (Fsp3) is 0.571. The monoisotopic (exact) mass is 346 g/mol. The van der Waals surface area contributed by atoms with Crippen molar-refractivity contribution in [1.82, 2.24) is 9.71 Å². The standard InChI is InChI=1S/C14H17B2BrN2O2/c17-11-3-1-10(2-4-11)12-9-15-19-6-8-21-14(19)18-5-7-20-13(18)16-12/h1-4,12-14H,5-9H2. The number of hydrogen-bond acceptors (Lipinski definition) is 4. The van der Waals surface area contributed by atoms with E-state index >= 15 is 0 Å². The first-order valence-electron chi connectivity index (χ1n) is 7.50. The van der Waals surface area contributed by atoms with Crippen LogP contribution in [-0.4, -0.2) is 63.2 Å². The van der Waals surface area contributed by atoms with Crippen molar-refractivity contribution in [3.63, 3.8) is 0 Å². The molecule has 3 unspecified atom stereocenters. The molecule has 0 spiro atoms. The Morgan fingerprint density at radius 2 is 1.90 bits per heavy atom. The van der Waals surface area contributed by atoms with Crippen molar-refractivity contribution in [2.24, 2.45) is 0 Å². The van der Waals surface area contributed by atoms with Crippen LogP contribution in [0.3, 0.4) is 0 Å². The van der Waals surface area contributed by atoms with Gasteiger partial charge in [0.2, 0.25) is 7.41 Å². The zero-order valence-corrected chi connectivity index (χ0v) is 13.4. The summed E-state index contributed by atoms with van der Waals surface area (Å²) in [5.74, 6) is 0.380. The highest BCUT2D eigenvalue weighted by Gasteiger charge is 2.41. The van der Waals surface area contributed by atoms with Crippen LogP contribution in [0.5, 0.6) is 0 Å². The van der Waals surface area contributed by atoms with Crippen LogP contribution >= 0.6 is 15.9 Å². The molecule has 0 saturated carbocycles. The van der Waals surface area contributed by atoms with E-state index < -0.39 is 0 Å². The maximum atomic E-state index is 5.92. The van der Waals surface area contributed by atoms with E-state index in [2.05, 4.69) is 64.6 Å². The third kappa shape index (κ3) is 2.82. The summed E-state index contributed by atoms with van der Waals surface area (Å²) in [6.07, 6.45) is 1.10. The second kappa shape index (κ2) is 6.05. The Balaban J connectivity index is 1.58. The molecule has 3 saturated heterocycles. The van der Waals surface area contributed by atoms with Gasteiger partial charge in [-0.1, -0.05) is 39.9 Å². The van der Waals surface area contributed by atoms with Crippen molar-refractivity contribution in [1.29, 1.82) is 0 Å². The van der Waals surface area contributed by atoms with E-state index in [4.69, 9.17) is 9.47 Å². The first-order valence-corrected chi connectivity index (χ1v) is 8.29. The average molecular weight is 347 g/mol. The predicted molar refractivity (Wildman–Crippen MR) is 86.1 cm³/mol. The van der Waals surface area contributed by atoms with Crippen LogP contribution in [0.1, 0.15) is 11.4 Å². The maximum Gasteiger partial charge on any atom is 0.213 e. The molecular formula is C14H17B2BrN2O2. The molecule has 0 amide bonds. The molecule has 3 fully saturated rings.